The summed E-state index contributed by atoms with van der Waals surface area (Å²) in [5.41, 5.74) is 5.29. The van der Waals surface area contributed by atoms with Crippen molar-refractivity contribution < 1.29 is 0 Å². The summed E-state index contributed by atoms with van der Waals surface area (Å²) in [6.07, 6.45) is 0. The van der Waals surface area contributed by atoms with Crippen LogP contribution in [0.1, 0.15) is 20.8 Å². The molecule has 0 unspecified atom stereocenters. The molecule has 0 amide bonds. The maximum Gasteiger partial charge on any atom is 0.124 e. The van der Waals surface area contributed by atoms with E-state index in [9.17, 15) is 0 Å². The lowest BCUT2D eigenvalue weighted by atomic mass is 9.96. The topological polar surface area (TPSA) is 64.4 Å². The second-order valence-corrected chi connectivity index (χ2v) is 2.76. The summed E-state index contributed by atoms with van der Waals surface area (Å²) < 4.78 is 0. The van der Waals surface area contributed by atoms with Gasteiger partial charge >= 0.3 is 0 Å². The molecule has 56 valence electrons. The Bertz CT molecular complexity index is 103. The molecule has 0 spiro atoms. The molecule has 0 saturated heterocycles. The van der Waals surface area contributed by atoms with Crippen molar-refractivity contribution in [1.29, 1.82) is 0 Å². The highest BCUT2D eigenvalue weighted by Crippen LogP contribution is 2.11. The fourth-order valence-electron chi connectivity index (χ4n) is 0.194. The standard InChI is InChI=1S/C5H13N3.ClH/c1-5(2,3)4(6)8-7;/h7H2,1-3H3,(H2,6,8);1H. The van der Waals surface area contributed by atoms with E-state index >= 15 is 0 Å². The molecule has 0 aromatic carbocycles. The van der Waals surface area contributed by atoms with E-state index in [4.69, 9.17) is 11.6 Å². The van der Waals surface area contributed by atoms with E-state index in [1.807, 2.05) is 20.8 Å². The van der Waals surface area contributed by atoms with Crippen LogP contribution < -0.4 is 11.6 Å². The van der Waals surface area contributed by atoms with Gasteiger partial charge in [0, 0.05) is 5.41 Å². The van der Waals surface area contributed by atoms with E-state index in [0.29, 0.717) is 5.84 Å². The SMILES string of the molecule is CC(C)(C)/C(N)=N/N.Cl. The van der Waals surface area contributed by atoms with Gasteiger partial charge in [0.05, 0.1) is 0 Å². The highest BCUT2D eigenvalue weighted by atomic mass is 35.5. The van der Waals surface area contributed by atoms with Gasteiger partial charge in [-0.3, -0.25) is 0 Å². The van der Waals surface area contributed by atoms with Crippen molar-refractivity contribution in [1.82, 2.24) is 0 Å². The lowest BCUT2D eigenvalue weighted by Gasteiger charge is -2.15. The minimum atomic E-state index is -0.0885. The third-order valence-electron chi connectivity index (χ3n) is 0.908. The first-order valence-electron chi connectivity index (χ1n) is 2.52. The third-order valence-corrected chi connectivity index (χ3v) is 0.908. The molecule has 9 heavy (non-hydrogen) atoms. The predicted octanol–water partition coefficient (Wildman–Crippen LogP) is 0.685. The molecule has 0 heterocycles. The van der Waals surface area contributed by atoms with Crippen molar-refractivity contribution in [3.05, 3.63) is 0 Å². The minimum absolute atomic E-state index is 0. The van der Waals surface area contributed by atoms with Crippen LogP contribution in [0.3, 0.4) is 0 Å². The van der Waals surface area contributed by atoms with Crippen LogP contribution in [0.15, 0.2) is 5.10 Å². The maximum absolute atomic E-state index is 5.38. The van der Waals surface area contributed by atoms with Crippen LogP contribution in [0.5, 0.6) is 0 Å². The first-order valence-corrected chi connectivity index (χ1v) is 2.52. The Morgan fingerprint density at radius 1 is 1.33 bits per heavy atom. The van der Waals surface area contributed by atoms with Gasteiger partial charge < -0.3 is 11.6 Å². The molecule has 0 saturated carbocycles. The predicted molar refractivity (Wildman–Crippen MR) is 42.5 cm³/mol. The summed E-state index contributed by atoms with van der Waals surface area (Å²) in [7, 11) is 0. The first kappa shape index (κ1) is 11.4. The van der Waals surface area contributed by atoms with E-state index in [0.717, 1.165) is 0 Å². The van der Waals surface area contributed by atoms with E-state index in [1.165, 1.54) is 0 Å². The van der Waals surface area contributed by atoms with Crippen molar-refractivity contribution in [2.24, 2.45) is 22.1 Å². The molecule has 0 radical (unpaired) electrons. The quantitative estimate of drug-likeness (QED) is 0.232. The van der Waals surface area contributed by atoms with Crippen molar-refractivity contribution in [2.45, 2.75) is 20.8 Å². The number of rotatable bonds is 0. The Labute approximate surface area is 61.9 Å². The number of nitrogens with two attached hydrogens (primary N) is 2. The zero-order valence-corrected chi connectivity index (χ0v) is 6.83. The lowest BCUT2D eigenvalue weighted by Crippen LogP contribution is -2.29. The van der Waals surface area contributed by atoms with Gasteiger partial charge in [-0.2, -0.15) is 5.10 Å². The largest absolute Gasteiger partial charge is 0.385 e. The van der Waals surface area contributed by atoms with Gasteiger partial charge in [-0.15, -0.1) is 12.4 Å². The smallest absolute Gasteiger partial charge is 0.124 e. The van der Waals surface area contributed by atoms with Crippen LogP contribution in [-0.2, 0) is 0 Å². The molecule has 0 atom stereocenters. The number of hydrazone groups is 1. The molecule has 0 bridgehead atoms. The van der Waals surface area contributed by atoms with E-state index < -0.39 is 0 Å². The maximum atomic E-state index is 5.38. The summed E-state index contributed by atoms with van der Waals surface area (Å²) in [4.78, 5) is 0. The fraction of sp³-hybridized carbons (Fsp3) is 0.800. The van der Waals surface area contributed by atoms with Crippen molar-refractivity contribution >= 4 is 18.2 Å². The first-order chi connectivity index (χ1) is 3.48. The lowest BCUT2D eigenvalue weighted by molar-refractivity contribution is 0.582. The Morgan fingerprint density at radius 3 is 1.67 bits per heavy atom. The molecule has 3 nitrogen and oxygen atoms in total. The van der Waals surface area contributed by atoms with Crippen molar-refractivity contribution in [3.8, 4) is 0 Å². The van der Waals surface area contributed by atoms with Crippen molar-refractivity contribution in [3.63, 3.8) is 0 Å². The summed E-state index contributed by atoms with van der Waals surface area (Å²) in [6, 6.07) is 0. The van der Waals surface area contributed by atoms with Gasteiger partial charge in [-0.25, -0.2) is 0 Å². The fourth-order valence-corrected chi connectivity index (χ4v) is 0.194. The minimum Gasteiger partial charge on any atom is -0.385 e. The van der Waals surface area contributed by atoms with E-state index in [1.54, 1.807) is 0 Å². The van der Waals surface area contributed by atoms with Gasteiger partial charge in [-0.05, 0) is 0 Å². The molecule has 0 aliphatic rings. The number of hydrogen-bond acceptors (Lipinski definition) is 2. The van der Waals surface area contributed by atoms with Gasteiger partial charge in [0.1, 0.15) is 5.84 Å². The Hall–Kier alpha value is -0.440. The second kappa shape index (κ2) is 3.56. The molecule has 0 aromatic heterocycles. The molecule has 4 N–H and O–H groups in total. The Morgan fingerprint density at radius 2 is 1.67 bits per heavy atom. The second-order valence-electron chi connectivity index (χ2n) is 2.76. The highest BCUT2D eigenvalue weighted by Gasteiger charge is 2.14. The van der Waals surface area contributed by atoms with Gasteiger partial charge in [0.25, 0.3) is 0 Å². The number of halogens is 1. The zero-order valence-electron chi connectivity index (χ0n) is 6.01. The Balaban J connectivity index is 0. The van der Waals surface area contributed by atoms with Gasteiger partial charge in [-0.1, -0.05) is 20.8 Å². The third kappa shape index (κ3) is 4.09. The normalized spacial score (nSPS) is 12.6. The van der Waals surface area contributed by atoms with Crippen molar-refractivity contribution in [2.75, 3.05) is 0 Å². The van der Waals surface area contributed by atoms with Crippen LogP contribution in [0, 0.1) is 5.41 Å². The summed E-state index contributed by atoms with van der Waals surface area (Å²) in [5.74, 6) is 5.40. The molecule has 0 rings (SSSR count). The van der Waals surface area contributed by atoms with Gasteiger partial charge in [0.2, 0.25) is 0 Å². The molecule has 0 aromatic rings. The zero-order chi connectivity index (χ0) is 6.78. The number of hydrogen-bond donors (Lipinski definition) is 2. The molecule has 0 aliphatic heterocycles. The summed E-state index contributed by atoms with van der Waals surface area (Å²) in [6.45, 7) is 5.87. The van der Waals surface area contributed by atoms with E-state index in [2.05, 4.69) is 5.10 Å². The molecular weight excluding hydrogens is 138 g/mol. The summed E-state index contributed by atoms with van der Waals surface area (Å²) >= 11 is 0. The molecule has 4 heteroatoms. The molecule has 0 fully saturated rings. The molecular formula is C5H14ClN3. The van der Waals surface area contributed by atoms with Crippen LogP contribution in [0.4, 0.5) is 0 Å². The Kier molecular flexibility index (Phi) is 4.50. The van der Waals surface area contributed by atoms with Gasteiger partial charge in [0.15, 0.2) is 0 Å². The number of nitrogens with zero attached hydrogens (tertiary/aromatic N) is 1. The average molecular weight is 152 g/mol. The van der Waals surface area contributed by atoms with Crippen LogP contribution >= 0.6 is 12.4 Å². The van der Waals surface area contributed by atoms with Crippen LogP contribution in [0.2, 0.25) is 0 Å². The number of amidine groups is 1. The highest BCUT2D eigenvalue weighted by molar-refractivity contribution is 5.85. The van der Waals surface area contributed by atoms with Crippen LogP contribution in [-0.4, -0.2) is 5.84 Å². The van der Waals surface area contributed by atoms with E-state index in [-0.39, 0.29) is 17.8 Å². The molecule has 0 aliphatic carbocycles. The van der Waals surface area contributed by atoms with Crippen LogP contribution in [0.25, 0.3) is 0 Å². The average Bonchev–Trinajstić information content (AvgIpc) is 1.62. The monoisotopic (exact) mass is 151 g/mol. The summed E-state index contributed by atoms with van der Waals surface area (Å²) in [5, 5.41) is 3.35.